The van der Waals surface area contributed by atoms with Gasteiger partial charge in [0.15, 0.2) is 0 Å². The molecule has 2 rings (SSSR count). The van der Waals surface area contributed by atoms with Gasteiger partial charge in [-0.25, -0.2) is 0 Å². The van der Waals surface area contributed by atoms with Crippen molar-refractivity contribution in [2.45, 2.75) is 18.5 Å². The first-order valence-corrected chi connectivity index (χ1v) is 6.91. The fraction of sp³-hybridized carbons (Fsp3) is 0.571. The van der Waals surface area contributed by atoms with E-state index in [1.807, 2.05) is 19.2 Å². The Balaban J connectivity index is 1.98. The molecule has 0 aliphatic carbocycles. The Kier molecular flexibility index (Phi) is 5.01. The molecule has 1 aliphatic rings. The minimum atomic E-state index is 0.381. The minimum absolute atomic E-state index is 0.381. The largest absolute Gasteiger partial charge is 0.313 e. The molecule has 0 aromatic heterocycles. The molecule has 0 spiro atoms. The van der Waals surface area contributed by atoms with Crippen molar-refractivity contribution in [3.63, 3.8) is 0 Å². The van der Waals surface area contributed by atoms with Crippen LogP contribution in [0.5, 0.6) is 0 Å². The summed E-state index contributed by atoms with van der Waals surface area (Å²) in [5.41, 5.74) is 1.30. The van der Waals surface area contributed by atoms with Crippen LogP contribution in [-0.4, -0.2) is 44.7 Å². The van der Waals surface area contributed by atoms with E-state index in [1.165, 1.54) is 5.56 Å². The zero-order valence-corrected chi connectivity index (χ0v) is 11.9. The first-order valence-electron chi connectivity index (χ1n) is 6.53. The smallest absolute Gasteiger partial charge is 0.0406 e. The predicted octanol–water partition coefficient (Wildman–Crippen LogP) is 1.89. The third-order valence-corrected chi connectivity index (χ3v) is 3.85. The summed E-state index contributed by atoms with van der Waals surface area (Å²) in [6, 6.07) is 9.07. The van der Waals surface area contributed by atoms with Gasteiger partial charge in [0.25, 0.3) is 0 Å². The molecule has 4 heteroatoms. The minimum Gasteiger partial charge on any atom is -0.313 e. The summed E-state index contributed by atoms with van der Waals surface area (Å²) in [4.78, 5) is 2.38. The summed E-state index contributed by atoms with van der Waals surface area (Å²) >= 11 is 5.93. The Bertz CT molecular complexity index is 366. The summed E-state index contributed by atoms with van der Waals surface area (Å²) in [6.07, 6.45) is 1.10. The average molecular weight is 268 g/mol. The highest BCUT2D eigenvalue weighted by Gasteiger charge is 2.20. The normalized spacial score (nSPS) is 22.9. The Morgan fingerprint density at radius 2 is 2.17 bits per heavy atom. The van der Waals surface area contributed by atoms with Crippen LogP contribution in [0.25, 0.3) is 0 Å². The highest BCUT2D eigenvalue weighted by Crippen LogP contribution is 2.21. The van der Waals surface area contributed by atoms with Crippen molar-refractivity contribution < 1.29 is 0 Å². The van der Waals surface area contributed by atoms with Crippen molar-refractivity contribution in [3.05, 3.63) is 34.9 Å². The first-order chi connectivity index (χ1) is 8.69. The van der Waals surface area contributed by atoms with E-state index < -0.39 is 0 Å². The van der Waals surface area contributed by atoms with Gasteiger partial charge in [-0.05, 0) is 38.2 Å². The molecule has 3 nitrogen and oxygen atoms in total. The number of likely N-dealkylation sites (N-methyl/N-ethyl adjacent to an activating group) is 1. The molecule has 1 heterocycles. The first kappa shape index (κ1) is 13.8. The number of halogens is 1. The number of hydrogen-bond acceptors (Lipinski definition) is 3. The maximum Gasteiger partial charge on any atom is 0.0406 e. The SMILES string of the molecule is CNC(CC1CN(C)CCN1)c1ccc(Cl)cc1. The van der Waals surface area contributed by atoms with Crippen LogP contribution in [0.15, 0.2) is 24.3 Å². The molecule has 0 amide bonds. The number of benzene rings is 1. The maximum atomic E-state index is 5.93. The highest BCUT2D eigenvalue weighted by atomic mass is 35.5. The van der Waals surface area contributed by atoms with Crippen molar-refractivity contribution in [1.29, 1.82) is 0 Å². The lowest BCUT2D eigenvalue weighted by molar-refractivity contribution is 0.222. The quantitative estimate of drug-likeness (QED) is 0.873. The second-order valence-corrected chi connectivity index (χ2v) is 5.48. The molecular formula is C14H22ClN3. The Morgan fingerprint density at radius 3 is 2.78 bits per heavy atom. The Morgan fingerprint density at radius 1 is 1.44 bits per heavy atom. The van der Waals surface area contributed by atoms with Gasteiger partial charge in [0.2, 0.25) is 0 Å². The molecule has 18 heavy (non-hydrogen) atoms. The van der Waals surface area contributed by atoms with Crippen LogP contribution in [-0.2, 0) is 0 Å². The van der Waals surface area contributed by atoms with Gasteiger partial charge in [0.1, 0.15) is 0 Å². The van der Waals surface area contributed by atoms with Crippen molar-refractivity contribution in [1.82, 2.24) is 15.5 Å². The van der Waals surface area contributed by atoms with Gasteiger partial charge < -0.3 is 15.5 Å². The van der Waals surface area contributed by atoms with Crippen LogP contribution in [0, 0.1) is 0 Å². The number of hydrogen-bond donors (Lipinski definition) is 2. The molecule has 1 saturated heterocycles. The monoisotopic (exact) mass is 267 g/mol. The lowest BCUT2D eigenvalue weighted by Gasteiger charge is -2.33. The van der Waals surface area contributed by atoms with Gasteiger partial charge in [-0.3, -0.25) is 0 Å². The zero-order valence-electron chi connectivity index (χ0n) is 11.1. The number of piperazine rings is 1. The molecule has 1 aromatic rings. The third kappa shape index (κ3) is 3.69. The number of nitrogens with one attached hydrogen (secondary N) is 2. The van der Waals surface area contributed by atoms with Gasteiger partial charge in [0.05, 0.1) is 0 Å². The Hall–Kier alpha value is -0.610. The van der Waals surface area contributed by atoms with Crippen LogP contribution >= 0.6 is 11.6 Å². The van der Waals surface area contributed by atoms with Crippen molar-refractivity contribution in [2.24, 2.45) is 0 Å². The average Bonchev–Trinajstić information content (AvgIpc) is 2.37. The standard InChI is InChI=1S/C14H22ClN3/c1-16-14(11-3-5-12(15)6-4-11)9-13-10-18(2)8-7-17-13/h3-6,13-14,16-17H,7-10H2,1-2H3. The molecule has 1 aliphatic heterocycles. The van der Waals surface area contributed by atoms with E-state index in [0.29, 0.717) is 12.1 Å². The third-order valence-electron chi connectivity index (χ3n) is 3.60. The summed E-state index contributed by atoms with van der Waals surface area (Å²) in [5.74, 6) is 0. The lowest BCUT2D eigenvalue weighted by atomic mass is 9.98. The highest BCUT2D eigenvalue weighted by molar-refractivity contribution is 6.30. The molecule has 2 unspecified atom stereocenters. The summed E-state index contributed by atoms with van der Waals surface area (Å²) in [7, 11) is 4.20. The molecule has 0 radical (unpaired) electrons. The van der Waals surface area contributed by atoms with E-state index in [2.05, 4.69) is 34.7 Å². The van der Waals surface area contributed by atoms with Crippen LogP contribution in [0.3, 0.4) is 0 Å². The molecule has 0 saturated carbocycles. The topological polar surface area (TPSA) is 27.3 Å². The van der Waals surface area contributed by atoms with Crippen LogP contribution in [0.1, 0.15) is 18.0 Å². The van der Waals surface area contributed by atoms with Gasteiger partial charge in [-0.15, -0.1) is 0 Å². The van der Waals surface area contributed by atoms with Gasteiger partial charge in [0, 0.05) is 36.7 Å². The van der Waals surface area contributed by atoms with E-state index in [4.69, 9.17) is 11.6 Å². The molecule has 0 bridgehead atoms. The van der Waals surface area contributed by atoms with E-state index >= 15 is 0 Å². The number of rotatable bonds is 4. The molecule has 100 valence electrons. The molecule has 2 atom stereocenters. The predicted molar refractivity (Wildman–Crippen MR) is 77.2 cm³/mol. The molecular weight excluding hydrogens is 246 g/mol. The number of nitrogens with zero attached hydrogens (tertiary/aromatic N) is 1. The summed E-state index contributed by atoms with van der Waals surface area (Å²) < 4.78 is 0. The van der Waals surface area contributed by atoms with E-state index in [9.17, 15) is 0 Å². The van der Waals surface area contributed by atoms with Gasteiger partial charge >= 0.3 is 0 Å². The zero-order chi connectivity index (χ0) is 13.0. The van der Waals surface area contributed by atoms with E-state index in [1.54, 1.807) is 0 Å². The van der Waals surface area contributed by atoms with Crippen LogP contribution in [0.2, 0.25) is 5.02 Å². The van der Waals surface area contributed by atoms with Crippen molar-refractivity contribution in [3.8, 4) is 0 Å². The van der Waals surface area contributed by atoms with E-state index in [0.717, 1.165) is 31.1 Å². The van der Waals surface area contributed by atoms with Crippen molar-refractivity contribution in [2.75, 3.05) is 33.7 Å². The Labute approximate surface area is 115 Å². The molecule has 2 N–H and O–H groups in total. The second kappa shape index (κ2) is 6.53. The van der Waals surface area contributed by atoms with E-state index in [-0.39, 0.29) is 0 Å². The lowest BCUT2D eigenvalue weighted by Crippen LogP contribution is -2.50. The maximum absolute atomic E-state index is 5.93. The summed E-state index contributed by atoms with van der Waals surface area (Å²) in [6.45, 7) is 3.34. The molecule has 1 fully saturated rings. The molecule has 1 aromatic carbocycles. The van der Waals surface area contributed by atoms with Gasteiger partial charge in [-0.1, -0.05) is 23.7 Å². The van der Waals surface area contributed by atoms with Crippen molar-refractivity contribution >= 4 is 11.6 Å². The fourth-order valence-corrected chi connectivity index (χ4v) is 2.68. The van der Waals surface area contributed by atoms with Crippen LogP contribution < -0.4 is 10.6 Å². The van der Waals surface area contributed by atoms with Crippen LogP contribution in [0.4, 0.5) is 0 Å². The second-order valence-electron chi connectivity index (χ2n) is 5.04. The summed E-state index contributed by atoms with van der Waals surface area (Å²) in [5, 5.41) is 7.78. The van der Waals surface area contributed by atoms with Gasteiger partial charge in [-0.2, -0.15) is 0 Å². The fourth-order valence-electron chi connectivity index (χ4n) is 2.55.